The number of halogens is 1. The summed E-state index contributed by atoms with van der Waals surface area (Å²) in [5.74, 6) is 2.28. The van der Waals surface area contributed by atoms with Crippen molar-refractivity contribution in [3.63, 3.8) is 0 Å². The Kier molecular flexibility index (Phi) is 4.71. The van der Waals surface area contributed by atoms with Crippen molar-refractivity contribution in [1.82, 2.24) is 9.97 Å². The molecule has 3 N–H and O–H groups in total. The largest absolute Gasteiger partial charge is 0.495 e. The van der Waals surface area contributed by atoms with Crippen LogP contribution in [-0.2, 0) is 0 Å². The van der Waals surface area contributed by atoms with E-state index in [4.69, 9.17) is 22.1 Å². The summed E-state index contributed by atoms with van der Waals surface area (Å²) in [7, 11) is 1.71. The molecule has 1 saturated heterocycles. The average Bonchev–Trinajstić information content (AvgIpc) is 3.01. The monoisotopic (exact) mass is 333 g/mol. The summed E-state index contributed by atoms with van der Waals surface area (Å²) >= 11 is 5.89. The molecule has 1 aliphatic rings. The van der Waals surface area contributed by atoms with E-state index in [9.17, 15) is 0 Å². The molecular formula is C16H20ClN5O. The van der Waals surface area contributed by atoms with Crippen molar-refractivity contribution < 1.29 is 4.74 Å². The smallest absolute Gasteiger partial charge is 0.223 e. The summed E-state index contributed by atoms with van der Waals surface area (Å²) in [6, 6.07) is 9.80. The molecule has 1 atom stereocenters. The third-order valence-electron chi connectivity index (χ3n) is 4.00. The maximum Gasteiger partial charge on any atom is 0.223 e. The van der Waals surface area contributed by atoms with Gasteiger partial charge in [-0.15, -0.1) is 0 Å². The number of rotatable bonds is 5. The van der Waals surface area contributed by atoms with Gasteiger partial charge in [0, 0.05) is 25.7 Å². The summed E-state index contributed by atoms with van der Waals surface area (Å²) in [5.41, 5.74) is 6.75. The molecule has 1 aromatic carbocycles. The molecule has 0 bridgehead atoms. The fraction of sp³-hybridized carbons (Fsp3) is 0.375. The minimum Gasteiger partial charge on any atom is -0.495 e. The first-order chi connectivity index (χ1) is 11.2. The molecule has 2 aromatic rings. The minimum absolute atomic E-state index is 0.182. The molecule has 122 valence electrons. The fourth-order valence-corrected chi connectivity index (χ4v) is 3.07. The zero-order valence-electron chi connectivity index (χ0n) is 13.0. The third kappa shape index (κ3) is 3.76. The van der Waals surface area contributed by atoms with Gasteiger partial charge in [-0.05, 0) is 24.5 Å². The molecule has 0 radical (unpaired) electrons. The lowest BCUT2D eigenvalue weighted by Gasteiger charge is -2.21. The molecule has 0 saturated carbocycles. The number of methoxy groups -OCH3 is 1. The van der Waals surface area contributed by atoms with Gasteiger partial charge in [-0.3, -0.25) is 0 Å². The van der Waals surface area contributed by atoms with Crippen LogP contribution in [0.15, 0.2) is 30.3 Å². The average molecular weight is 334 g/mol. The van der Waals surface area contributed by atoms with E-state index in [0.29, 0.717) is 16.9 Å². The van der Waals surface area contributed by atoms with Crippen LogP contribution >= 0.6 is 11.6 Å². The zero-order chi connectivity index (χ0) is 16.2. The van der Waals surface area contributed by atoms with Crippen LogP contribution in [0.2, 0.25) is 5.15 Å². The Morgan fingerprint density at radius 1 is 1.39 bits per heavy atom. The van der Waals surface area contributed by atoms with Gasteiger partial charge in [-0.1, -0.05) is 23.7 Å². The molecule has 2 heterocycles. The molecule has 1 aliphatic heterocycles. The lowest BCUT2D eigenvalue weighted by atomic mass is 10.1. The SMILES string of the molecule is COc1ccccc1N1CC[C@@H](CNc2cc(Cl)nc(N)n2)C1. The third-order valence-corrected chi connectivity index (χ3v) is 4.19. The van der Waals surface area contributed by atoms with Crippen LogP contribution in [0.4, 0.5) is 17.5 Å². The van der Waals surface area contributed by atoms with E-state index in [0.717, 1.165) is 37.5 Å². The number of hydrogen-bond acceptors (Lipinski definition) is 6. The highest BCUT2D eigenvalue weighted by Crippen LogP contribution is 2.32. The second kappa shape index (κ2) is 6.91. The summed E-state index contributed by atoms with van der Waals surface area (Å²) in [6.07, 6.45) is 1.11. The molecule has 3 rings (SSSR count). The molecule has 0 unspecified atom stereocenters. The van der Waals surface area contributed by atoms with Crippen LogP contribution in [0.3, 0.4) is 0 Å². The van der Waals surface area contributed by atoms with Crippen LogP contribution < -0.4 is 20.7 Å². The van der Waals surface area contributed by atoms with Crippen molar-refractivity contribution in [2.24, 2.45) is 5.92 Å². The lowest BCUT2D eigenvalue weighted by molar-refractivity contribution is 0.414. The van der Waals surface area contributed by atoms with E-state index in [1.165, 1.54) is 0 Å². The highest BCUT2D eigenvalue weighted by Gasteiger charge is 2.24. The van der Waals surface area contributed by atoms with Crippen LogP contribution in [0.5, 0.6) is 5.75 Å². The topological polar surface area (TPSA) is 76.3 Å². The van der Waals surface area contributed by atoms with Gasteiger partial charge in [0.15, 0.2) is 0 Å². The molecule has 0 aliphatic carbocycles. The maximum atomic E-state index is 5.89. The van der Waals surface area contributed by atoms with Gasteiger partial charge in [0.25, 0.3) is 0 Å². The van der Waals surface area contributed by atoms with Crippen LogP contribution in [-0.4, -0.2) is 36.7 Å². The number of benzene rings is 1. The van der Waals surface area contributed by atoms with Crippen molar-refractivity contribution in [1.29, 1.82) is 0 Å². The van der Waals surface area contributed by atoms with Crippen molar-refractivity contribution in [3.05, 3.63) is 35.5 Å². The van der Waals surface area contributed by atoms with Gasteiger partial charge in [-0.25, -0.2) is 4.98 Å². The Balaban J connectivity index is 1.59. The Morgan fingerprint density at radius 3 is 3.00 bits per heavy atom. The number of hydrogen-bond donors (Lipinski definition) is 2. The maximum absolute atomic E-state index is 5.89. The normalized spacial score (nSPS) is 17.3. The fourth-order valence-electron chi connectivity index (χ4n) is 2.88. The minimum atomic E-state index is 0.182. The summed E-state index contributed by atoms with van der Waals surface area (Å²) in [6.45, 7) is 2.81. The quantitative estimate of drug-likeness (QED) is 0.819. The van der Waals surface area contributed by atoms with Gasteiger partial charge in [0.1, 0.15) is 16.7 Å². The summed E-state index contributed by atoms with van der Waals surface area (Å²) in [5, 5.41) is 3.64. The second-order valence-corrected chi connectivity index (χ2v) is 5.97. The zero-order valence-corrected chi connectivity index (χ0v) is 13.8. The van der Waals surface area contributed by atoms with E-state index in [1.807, 2.05) is 18.2 Å². The molecular weight excluding hydrogens is 314 g/mol. The first-order valence-corrected chi connectivity index (χ1v) is 7.95. The van der Waals surface area contributed by atoms with Crippen molar-refractivity contribution in [2.45, 2.75) is 6.42 Å². The van der Waals surface area contributed by atoms with Gasteiger partial charge in [-0.2, -0.15) is 4.98 Å². The second-order valence-electron chi connectivity index (χ2n) is 5.59. The highest BCUT2D eigenvalue weighted by molar-refractivity contribution is 6.29. The molecule has 0 amide bonds. The Bertz CT molecular complexity index is 661. The predicted octanol–water partition coefficient (Wildman–Crippen LogP) is 2.66. The number of nitrogens with one attached hydrogen (secondary N) is 1. The standard InChI is InChI=1S/C16H20ClN5O/c1-23-13-5-3-2-4-12(13)22-7-6-11(10-22)9-19-15-8-14(17)20-16(18)21-15/h2-5,8,11H,6-7,9-10H2,1H3,(H3,18,19,20,21)/t11-/m0/s1. The van der Waals surface area contributed by atoms with E-state index >= 15 is 0 Å². The summed E-state index contributed by atoms with van der Waals surface area (Å²) < 4.78 is 5.45. The van der Waals surface area contributed by atoms with Crippen molar-refractivity contribution >= 4 is 29.1 Å². The van der Waals surface area contributed by atoms with Gasteiger partial charge >= 0.3 is 0 Å². The Labute approximate surface area is 140 Å². The number of nitrogens with two attached hydrogens (primary N) is 1. The van der Waals surface area contributed by atoms with E-state index in [-0.39, 0.29) is 5.95 Å². The van der Waals surface area contributed by atoms with Crippen LogP contribution in [0.25, 0.3) is 0 Å². The van der Waals surface area contributed by atoms with Crippen LogP contribution in [0, 0.1) is 5.92 Å². The van der Waals surface area contributed by atoms with Crippen molar-refractivity contribution in [2.75, 3.05) is 42.7 Å². The van der Waals surface area contributed by atoms with Gasteiger partial charge in [0.2, 0.25) is 5.95 Å². The molecule has 0 spiro atoms. The Hall–Kier alpha value is -2.21. The lowest BCUT2D eigenvalue weighted by Crippen LogP contribution is -2.23. The molecule has 6 nitrogen and oxygen atoms in total. The first-order valence-electron chi connectivity index (χ1n) is 7.57. The van der Waals surface area contributed by atoms with Crippen LogP contribution in [0.1, 0.15) is 6.42 Å². The number of nitrogens with zero attached hydrogens (tertiary/aromatic N) is 3. The van der Waals surface area contributed by atoms with E-state index < -0.39 is 0 Å². The van der Waals surface area contributed by atoms with Gasteiger partial charge < -0.3 is 20.7 Å². The molecule has 1 aromatic heterocycles. The van der Waals surface area contributed by atoms with E-state index in [2.05, 4.69) is 26.3 Å². The van der Waals surface area contributed by atoms with Gasteiger partial charge in [0.05, 0.1) is 12.8 Å². The molecule has 7 heteroatoms. The summed E-state index contributed by atoms with van der Waals surface area (Å²) in [4.78, 5) is 10.3. The molecule has 23 heavy (non-hydrogen) atoms. The number of aromatic nitrogens is 2. The van der Waals surface area contributed by atoms with Crippen molar-refractivity contribution in [3.8, 4) is 5.75 Å². The highest BCUT2D eigenvalue weighted by atomic mass is 35.5. The number of anilines is 3. The number of ether oxygens (including phenoxy) is 1. The molecule has 1 fully saturated rings. The first kappa shape index (κ1) is 15.7. The Morgan fingerprint density at radius 2 is 2.22 bits per heavy atom. The van der Waals surface area contributed by atoms with E-state index in [1.54, 1.807) is 13.2 Å². The predicted molar refractivity (Wildman–Crippen MR) is 93.3 cm³/mol. The number of para-hydroxylation sites is 2. The number of nitrogen functional groups attached to an aromatic ring is 1.